The van der Waals surface area contributed by atoms with Crippen molar-refractivity contribution in [2.75, 3.05) is 12.3 Å². The molecule has 32 heavy (non-hydrogen) atoms. The molecule has 0 radical (unpaired) electrons. The van der Waals surface area contributed by atoms with E-state index < -0.39 is 41.5 Å². The first-order valence-electron chi connectivity index (χ1n) is 9.30. The summed E-state index contributed by atoms with van der Waals surface area (Å²) in [5.41, 5.74) is 4.08. The minimum absolute atomic E-state index is 0.132. The number of hydrogen-bond donors (Lipinski definition) is 2. The molecule has 3 rings (SSSR count). The number of nitrogens with zero attached hydrogens (tertiary/aromatic N) is 2. The zero-order valence-corrected chi connectivity index (χ0v) is 16.3. The van der Waals surface area contributed by atoms with Crippen LogP contribution >= 0.6 is 0 Å². The molecule has 2 aromatic rings. The standard InChI is InChI=1S/C21H16F6N4O/c22-20(23,24)16-6-12(2-3-13(16)9-29)15-7-14(31-19(15)21(25,26)27)10-32-18-4-1-11(8-28)5-17(18)30/h1-6,14-15,19,31H,7,10,30H2. The highest BCUT2D eigenvalue weighted by molar-refractivity contribution is 5.56. The Morgan fingerprint density at radius 2 is 1.75 bits per heavy atom. The number of halogens is 6. The summed E-state index contributed by atoms with van der Waals surface area (Å²) in [5.74, 6) is -1.13. The van der Waals surface area contributed by atoms with Gasteiger partial charge >= 0.3 is 12.4 Å². The monoisotopic (exact) mass is 454 g/mol. The molecule has 1 fully saturated rings. The van der Waals surface area contributed by atoms with Crippen molar-refractivity contribution in [2.45, 2.75) is 36.8 Å². The number of hydrogen-bond acceptors (Lipinski definition) is 5. The molecule has 1 aliphatic heterocycles. The van der Waals surface area contributed by atoms with E-state index in [2.05, 4.69) is 5.32 Å². The Kier molecular flexibility index (Phi) is 6.24. The predicted molar refractivity (Wildman–Crippen MR) is 101 cm³/mol. The van der Waals surface area contributed by atoms with Gasteiger partial charge in [-0.2, -0.15) is 36.9 Å². The molecule has 5 nitrogen and oxygen atoms in total. The van der Waals surface area contributed by atoms with Crippen LogP contribution in [-0.2, 0) is 6.18 Å². The third-order valence-electron chi connectivity index (χ3n) is 5.19. The fourth-order valence-corrected chi connectivity index (χ4v) is 3.71. The quantitative estimate of drug-likeness (QED) is 0.525. The van der Waals surface area contributed by atoms with Crippen LogP contribution in [0.5, 0.6) is 5.75 Å². The first-order chi connectivity index (χ1) is 14.9. The van der Waals surface area contributed by atoms with E-state index in [0.717, 1.165) is 12.1 Å². The third kappa shape index (κ3) is 4.89. The predicted octanol–water partition coefficient (Wildman–Crippen LogP) is 4.49. The SMILES string of the molecule is N#Cc1ccc(OCC2CC(c3ccc(C#N)c(C(F)(F)F)c3)C(C(F)(F)F)N2)c(N)c1. The molecule has 3 N–H and O–H groups in total. The molecule has 0 bridgehead atoms. The molecular formula is C21H16F6N4O. The van der Waals surface area contributed by atoms with Crippen LogP contribution in [0.3, 0.4) is 0 Å². The van der Waals surface area contributed by atoms with Gasteiger partial charge in [0.1, 0.15) is 18.4 Å². The van der Waals surface area contributed by atoms with Gasteiger partial charge < -0.3 is 10.5 Å². The van der Waals surface area contributed by atoms with E-state index in [4.69, 9.17) is 21.0 Å². The molecule has 11 heteroatoms. The molecule has 3 unspecified atom stereocenters. The first kappa shape index (κ1) is 23.2. The van der Waals surface area contributed by atoms with Crippen molar-refractivity contribution in [3.63, 3.8) is 0 Å². The molecular weight excluding hydrogens is 438 g/mol. The summed E-state index contributed by atoms with van der Waals surface area (Å²) in [5, 5.41) is 20.1. The number of ether oxygens (including phenoxy) is 1. The summed E-state index contributed by atoms with van der Waals surface area (Å²) >= 11 is 0. The summed E-state index contributed by atoms with van der Waals surface area (Å²) < 4.78 is 86.2. The third-order valence-corrected chi connectivity index (χ3v) is 5.19. The van der Waals surface area contributed by atoms with Crippen LogP contribution < -0.4 is 15.8 Å². The summed E-state index contributed by atoms with van der Waals surface area (Å²) in [7, 11) is 0. The van der Waals surface area contributed by atoms with Crippen molar-refractivity contribution < 1.29 is 31.1 Å². The second-order valence-corrected chi connectivity index (χ2v) is 7.32. The fourth-order valence-electron chi connectivity index (χ4n) is 3.71. The second kappa shape index (κ2) is 8.60. The lowest BCUT2D eigenvalue weighted by Crippen LogP contribution is -2.44. The minimum atomic E-state index is -4.88. The second-order valence-electron chi connectivity index (χ2n) is 7.32. The molecule has 1 aliphatic rings. The van der Waals surface area contributed by atoms with Crippen molar-refractivity contribution in [2.24, 2.45) is 0 Å². The Morgan fingerprint density at radius 3 is 2.31 bits per heavy atom. The van der Waals surface area contributed by atoms with Crippen molar-refractivity contribution in [1.29, 1.82) is 10.5 Å². The van der Waals surface area contributed by atoms with Gasteiger partial charge in [-0.15, -0.1) is 0 Å². The van der Waals surface area contributed by atoms with Crippen molar-refractivity contribution in [3.8, 4) is 17.9 Å². The van der Waals surface area contributed by atoms with Crippen LogP contribution in [0.4, 0.5) is 32.0 Å². The van der Waals surface area contributed by atoms with Gasteiger partial charge in [0.25, 0.3) is 0 Å². The highest BCUT2D eigenvalue weighted by Crippen LogP contribution is 2.42. The number of nitrogens with two attached hydrogens (primary N) is 1. The van der Waals surface area contributed by atoms with Gasteiger partial charge in [-0.25, -0.2) is 0 Å². The number of anilines is 1. The molecule has 168 valence electrons. The Balaban J connectivity index is 1.84. The highest BCUT2D eigenvalue weighted by atomic mass is 19.4. The zero-order valence-electron chi connectivity index (χ0n) is 16.3. The molecule has 1 heterocycles. The van der Waals surface area contributed by atoms with Gasteiger partial charge in [0, 0.05) is 12.0 Å². The van der Waals surface area contributed by atoms with Crippen molar-refractivity contribution in [3.05, 3.63) is 58.7 Å². The molecule has 3 atom stereocenters. The van der Waals surface area contributed by atoms with Crippen molar-refractivity contribution in [1.82, 2.24) is 5.32 Å². The number of nitriles is 2. The smallest absolute Gasteiger partial charge is 0.417 e. The number of rotatable bonds is 4. The summed E-state index contributed by atoms with van der Waals surface area (Å²) in [6, 6.07) is 7.18. The minimum Gasteiger partial charge on any atom is -0.490 e. The van der Waals surface area contributed by atoms with Gasteiger partial charge in [0.15, 0.2) is 0 Å². The van der Waals surface area contributed by atoms with E-state index in [1.807, 2.05) is 6.07 Å². The van der Waals surface area contributed by atoms with Crippen LogP contribution in [0.2, 0.25) is 0 Å². The van der Waals surface area contributed by atoms with Crippen LogP contribution in [0.15, 0.2) is 36.4 Å². The van der Waals surface area contributed by atoms with E-state index in [9.17, 15) is 26.3 Å². The summed E-state index contributed by atoms with van der Waals surface area (Å²) in [6.07, 6.45) is -9.75. The van der Waals surface area contributed by atoms with Crippen LogP contribution in [0.1, 0.15) is 34.6 Å². The highest BCUT2D eigenvalue weighted by Gasteiger charge is 2.51. The van der Waals surface area contributed by atoms with Crippen LogP contribution in [-0.4, -0.2) is 24.9 Å². The first-order valence-corrected chi connectivity index (χ1v) is 9.30. The largest absolute Gasteiger partial charge is 0.490 e. The van der Waals surface area contributed by atoms with E-state index in [1.165, 1.54) is 24.3 Å². The van der Waals surface area contributed by atoms with Gasteiger partial charge in [0.05, 0.1) is 34.5 Å². The van der Waals surface area contributed by atoms with Crippen LogP contribution in [0, 0.1) is 22.7 Å². The Bertz CT molecular complexity index is 1080. The normalized spacial score (nSPS) is 21.1. The summed E-state index contributed by atoms with van der Waals surface area (Å²) in [6.45, 7) is -0.221. The topological polar surface area (TPSA) is 94.9 Å². The average molecular weight is 454 g/mol. The summed E-state index contributed by atoms with van der Waals surface area (Å²) in [4.78, 5) is 0. The lowest BCUT2D eigenvalue weighted by atomic mass is 9.88. The van der Waals surface area contributed by atoms with Crippen molar-refractivity contribution >= 4 is 5.69 Å². The maximum Gasteiger partial charge on any atom is 0.417 e. The number of benzene rings is 2. The van der Waals surface area contributed by atoms with E-state index in [1.54, 1.807) is 0 Å². The van der Waals surface area contributed by atoms with E-state index >= 15 is 0 Å². The Hall–Kier alpha value is -3.44. The van der Waals surface area contributed by atoms with E-state index in [-0.39, 0.29) is 35.6 Å². The molecule has 1 saturated heterocycles. The lowest BCUT2D eigenvalue weighted by molar-refractivity contribution is -0.156. The molecule has 0 aromatic heterocycles. The molecule has 0 aliphatic carbocycles. The number of nitrogen functional groups attached to an aromatic ring is 1. The molecule has 2 aromatic carbocycles. The van der Waals surface area contributed by atoms with Gasteiger partial charge in [-0.3, -0.25) is 5.32 Å². The molecule has 0 amide bonds. The fraction of sp³-hybridized carbons (Fsp3) is 0.333. The van der Waals surface area contributed by atoms with Gasteiger partial charge in [-0.05, 0) is 42.3 Å². The maximum absolute atomic E-state index is 13.6. The Morgan fingerprint density at radius 1 is 1.03 bits per heavy atom. The van der Waals surface area contributed by atoms with Crippen LogP contribution in [0.25, 0.3) is 0 Å². The maximum atomic E-state index is 13.6. The van der Waals surface area contributed by atoms with E-state index in [0.29, 0.717) is 6.07 Å². The van der Waals surface area contributed by atoms with Gasteiger partial charge in [0.2, 0.25) is 0 Å². The lowest BCUT2D eigenvalue weighted by Gasteiger charge is -2.23. The zero-order chi connectivity index (χ0) is 23.7. The number of nitrogens with one attached hydrogen (secondary N) is 1. The van der Waals surface area contributed by atoms with Gasteiger partial charge in [-0.1, -0.05) is 6.07 Å². The molecule has 0 saturated carbocycles. The molecule has 0 spiro atoms. The number of alkyl halides is 6. The average Bonchev–Trinajstić information content (AvgIpc) is 3.16. The Labute approximate surface area is 179 Å².